The molecule has 21 heavy (non-hydrogen) atoms. The molecular weight excluding hydrogens is 293 g/mol. The fourth-order valence-electron chi connectivity index (χ4n) is 2.12. The molecule has 1 aliphatic heterocycles. The average Bonchev–Trinajstić information content (AvgIpc) is 3.13. The van der Waals surface area contributed by atoms with Crippen LogP contribution in [0.15, 0.2) is 24.3 Å². The Morgan fingerprint density at radius 1 is 1.38 bits per heavy atom. The van der Waals surface area contributed by atoms with Crippen LogP contribution < -0.4 is 5.32 Å². The third-order valence-electron chi connectivity index (χ3n) is 3.19. The second-order valence-corrected chi connectivity index (χ2v) is 5.86. The molecule has 1 N–H and O–H groups in total. The van der Waals surface area contributed by atoms with E-state index in [1.807, 2.05) is 0 Å². The van der Waals surface area contributed by atoms with Gasteiger partial charge >= 0.3 is 0 Å². The van der Waals surface area contributed by atoms with Gasteiger partial charge in [-0.3, -0.25) is 10.1 Å². The Labute approximate surface area is 125 Å². The SMILES string of the molecule is O=C(Nc1nnc(Cc2ccc(F)cc2)s1)[C@H]1CCCO1. The number of hydrogen-bond donors (Lipinski definition) is 1. The van der Waals surface area contributed by atoms with Crippen LogP contribution in [0.2, 0.25) is 0 Å². The highest BCUT2D eigenvalue weighted by Crippen LogP contribution is 2.20. The lowest BCUT2D eigenvalue weighted by molar-refractivity contribution is -0.124. The number of nitrogens with one attached hydrogen (secondary N) is 1. The second-order valence-electron chi connectivity index (χ2n) is 4.80. The lowest BCUT2D eigenvalue weighted by atomic mass is 10.2. The molecule has 5 nitrogen and oxygen atoms in total. The van der Waals surface area contributed by atoms with Crippen molar-refractivity contribution < 1.29 is 13.9 Å². The summed E-state index contributed by atoms with van der Waals surface area (Å²) in [7, 11) is 0. The van der Waals surface area contributed by atoms with Gasteiger partial charge in [-0.15, -0.1) is 10.2 Å². The summed E-state index contributed by atoms with van der Waals surface area (Å²) in [5.41, 5.74) is 0.949. The number of carbonyl (C=O) groups is 1. The first-order valence-corrected chi connectivity index (χ1v) is 7.51. The van der Waals surface area contributed by atoms with Crippen molar-refractivity contribution in [2.75, 3.05) is 11.9 Å². The quantitative estimate of drug-likeness (QED) is 0.942. The van der Waals surface area contributed by atoms with E-state index in [-0.39, 0.29) is 17.8 Å². The summed E-state index contributed by atoms with van der Waals surface area (Å²) in [5.74, 6) is -0.433. The van der Waals surface area contributed by atoms with Crippen LogP contribution in [0.25, 0.3) is 0 Å². The highest BCUT2D eigenvalue weighted by molar-refractivity contribution is 7.15. The van der Waals surface area contributed by atoms with E-state index in [1.54, 1.807) is 12.1 Å². The molecule has 2 heterocycles. The number of carbonyl (C=O) groups excluding carboxylic acids is 1. The number of ether oxygens (including phenoxy) is 1. The van der Waals surface area contributed by atoms with Crippen molar-refractivity contribution in [3.8, 4) is 0 Å². The number of aromatic nitrogens is 2. The maximum atomic E-state index is 12.8. The van der Waals surface area contributed by atoms with Gasteiger partial charge in [0.2, 0.25) is 5.13 Å². The zero-order valence-corrected chi connectivity index (χ0v) is 12.0. The molecule has 1 fully saturated rings. The van der Waals surface area contributed by atoms with E-state index in [9.17, 15) is 9.18 Å². The Balaban J connectivity index is 1.60. The highest BCUT2D eigenvalue weighted by atomic mass is 32.1. The molecule has 7 heteroatoms. The van der Waals surface area contributed by atoms with Crippen molar-refractivity contribution in [2.24, 2.45) is 0 Å². The largest absolute Gasteiger partial charge is 0.368 e. The van der Waals surface area contributed by atoms with Crippen molar-refractivity contribution in [3.63, 3.8) is 0 Å². The minimum Gasteiger partial charge on any atom is -0.368 e. The summed E-state index contributed by atoms with van der Waals surface area (Å²) in [6.07, 6.45) is 1.83. The smallest absolute Gasteiger partial charge is 0.255 e. The average molecular weight is 307 g/mol. The second kappa shape index (κ2) is 6.28. The third kappa shape index (κ3) is 3.62. The molecule has 0 bridgehead atoms. The molecule has 1 atom stereocenters. The maximum Gasteiger partial charge on any atom is 0.255 e. The van der Waals surface area contributed by atoms with Crippen molar-refractivity contribution in [3.05, 3.63) is 40.7 Å². The van der Waals surface area contributed by atoms with Gasteiger partial charge in [-0.1, -0.05) is 23.5 Å². The fraction of sp³-hybridized carbons (Fsp3) is 0.357. The summed E-state index contributed by atoms with van der Waals surface area (Å²) in [5, 5.41) is 11.9. The van der Waals surface area contributed by atoms with E-state index < -0.39 is 0 Å². The number of hydrogen-bond acceptors (Lipinski definition) is 5. The van der Waals surface area contributed by atoms with Gasteiger partial charge in [-0.2, -0.15) is 0 Å². The van der Waals surface area contributed by atoms with Crippen molar-refractivity contribution in [2.45, 2.75) is 25.4 Å². The summed E-state index contributed by atoms with van der Waals surface area (Å²) in [6.45, 7) is 0.629. The number of anilines is 1. The molecule has 3 rings (SSSR count). The number of halogens is 1. The molecule has 110 valence electrons. The van der Waals surface area contributed by atoms with Crippen molar-refractivity contribution in [1.82, 2.24) is 10.2 Å². The minimum absolute atomic E-state index is 0.169. The number of rotatable bonds is 4. The lowest BCUT2D eigenvalue weighted by Gasteiger charge is -2.06. The molecule has 1 amide bonds. The van der Waals surface area contributed by atoms with Crippen molar-refractivity contribution in [1.29, 1.82) is 0 Å². The van der Waals surface area contributed by atoms with Gasteiger partial charge in [0.05, 0.1) is 0 Å². The zero-order chi connectivity index (χ0) is 14.7. The van der Waals surface area contributed by atoms with Crippen LogP contribution in [-0.4, -0.2) is 28.8 Å². The summed E-state index contributed by atoms with van der Waals surface area (Å²) in [4.78, 5) is 11.9. The molecular formula is C14H14FN3O2S. The van der Waals surface area contributed by atoms with Crippen LogP contribution in [0, 0.1) is 5.82 Å². The van der Waals surface area contributed by atoms with Gasteiger partial charge in [0.25, 0.3) is 5.91 Å². The van der Waals surface area contributed by atoms with Gasteiger partial charge in [0.15, 0.2) is 0 Å². The van der Waals surface area contributed by atoms with Gasteiger partial charge in [-0.05, 0) is 30.5 Å². The van der Waals surface area contributed by atoms with Crippen LogP contribution in [0.5, 0.6) is 0 Å². The molecule has 0 unspecified atom stereocenters. The molecule has 1 aromatic carbocycles. The molecule has 0 spiro atoms. The lowest BCUT2D eigenvalue weighted by Crippen LogP contribution is -2.26. The molecule has 2 aromatic rings. The molecule has 1 saturated heterocycles. The Morgan fingerprint density at radius 3 is 2.90 bits per heavy atom. The first kappa shape index (κ1) is 14.1. The minimum atomic E-state index is -0.380. The third-order valence-corrected chi connectivity index (χ3v) is 4.03. The maximum absolute atomic E-state index is 12.8. The van der Waals surface area contributed by atoms with Gasteiger partial charge in [0, 0.05) is 13.0 Å². The van der Waals surface area contributed by atoms with E-state index in [0.29, 0.717) is 18.2 Å². The Bertz CT molecular complexity index is 623. The van der Waals surface area contributed by atoms with Crippen LogP contribution in [-0.2, 0) is 16.0 Å². The van der Waals surface area contributed by atoms with E-state index in [0.717, 1.165) is 23.4 Å². The zero-order valence-electron chi connectivity index (χ0n) is 11.2. The molecule has 1 aromatic heterocycles. The van der Waals surface area contributed by atoms with Crippen LogP contribution >= 0.6 is 11.3 Å². The van der Waals surface area contributed by atoms with Crippen molar-refractivity contribution >= 4 is 22.4 Å². The van der Waals surface area contributed by atoms with E-state index in [1.165, 1.54) is 23.5 Å². The Hall–Kier alpha value is -1.86. The first-order valence-electron chi connectivity index (χ1n) is 6.70. The van der Waals surface area contributed by atoms with Gasteiger partial charge < -0.3 is 4.74 Å². The van der Waals surface area contributed by atoms with E-state index in [2.05, 4.69) is 15.5 Å². The molecule has 0 aliphatic carbocycles. The monoisotopic (exact) mass is 307 g/mol. The normalized spacial score (nSPS) is 17.9. The van der Waals surface area contributed by atoms with Crippen LogP contribution in [0.3, 0.4) is 0 Å². The van der Waals surface area contributed by atoms with E-state index >= 15 is 0 Å². The Kier molecular flexibility index (Phi) is 4.21. The highest BCUT2D eigenvalue weighted by Gasteiger charge is 2.24. The predicted octanol–water partition coefficient (Wildman–Crippen LogP) is 2.39. The number of nitrogens with zero attached hydrogens (tertiary/aromatic N) is 2. The molecule has 1 aliphatic rings. The molecule has 0 saturated carbocycles. The fourth-order valence-corrected chi connectivity index (χ4v) is 2.90. The summed E-state index contributed by atoms with van der Waals surface area (Å²) < 4.78 is 18.1. The summed E-state index contributed by atoms with van der Waals surface area (Å²) in [6, 6.07) is 6.25. The summed E-state index contributed by atoms with van der Waals surface area (Å²) >= 11 is 1.32. The number of benzene rings is 1. The number of amides is 1. The topological polar surface area (TPSA) is 64.1 Å². The predicted molar refractivity (Wildman–Crippen MR) is 76.7 cm³/mol. The van der Waals surface area contributed by atoms with Crippen LogP contribution in [0.4, 0.5) is 9.52 Å². The van der Waals surface area contributed by atoms with Gasteiger partial charge in [0.1, 0.15) is 16.9 Å². The van der Waals surface area contributed by atoms with Gasteiger partial charge in [-0.25, -0.2) is 4.39 Å². The van der Waals surface area contributed by atoms with E-state index in [4.69, 9.17) is 4.74 Å². The Morgan fingerprint density at radius 2 is 2.19 bits per heavy atom. The standard InChI is InChI=1S/C14H14FN3O2S/c15-10-5-3-9(4-6-10)8-12-17-18-14(21-12)16-13(19)11-2-1-7-20-11/h3-6,11H,1-2,7-8H2,(H,16,18,19)/t11-/m1/s1. The first-order chi connectivity index (χ1) is 10.2. The molecule has 0 radical (unpaired) electrons. The van der Waals surface area contributed by atoms with Crippen LogP contribution in [0.1, 0.15) is 23.4 Å².